The van der Waals surface area contributed by atoms with Crippen LogP contribution in [-0.4, -0.2) is 48.4 Å². The lowest BCUT2D eigenvalue weighted by Gasteiger charge is -2.28. The number of benzene rings is 1. The van der Waals surface area contributed by atoms with Crippen molar-refractivity contribution in [2.24, 2.45) is 0 Å². The van der Waals surface area contributed by atoms with Gasteiger partial charge in [0.05, 0.1) is 10.6 Å². The maximum Gasteiger partial charge on any atom is 0.255 e. The first kappa shape index (κ1) is 15.8. The van der Waals surface area contributed by atoms with Gasteiger partial charge in [0.1, 0.15) is 0 Å². The summed E-state index contributed by atoms with van der Waals surface area (Å²) in [6, 6.07) is 5.93. The van der Waals surface area contributed by atoms with Crippen LogP contribution in [0.4, 0.5) is 0 Å². The topological polar surface area (TPSA) is 23.6 Å². The van der Waals surface area contributed by atoms with Crippen molar-refractivity contribution in [2.75, 3.05) is 26.7 Å². The molecule has 3 nitrogen and oxygen atoms in total. The predicted octanol–water partition coefficient (Wildman–Crippen LogP) is 3.66. The first-order valence-electron chi connectivity index (χ1n) is 6.98. The van der Waals surface area contributed by atoms with Gasteiger partial charge in [-0.1, -0.05) is 24.6 Å². The number of likely N-dealkylation sites (tertiary alicyclic amines) is 1. The molecule has 0 spiro atoms. The van der Waals surface area contributed by atoms with Crippen LogP contribution >= 0.6 is 27.5 Å². The number of nitrogens with zero attached hydrogens (tertiary/aromatic N) is 2. The Bertz CT molecular complexity index is 495. The van der Waals surface area contributed by atoms with E-state index in [0.717, 1.165) is 30.5 Å². The van der Waals surface area contributed by atoms with Crippen molar-refractivity contribution in [3.63, 3.8) is 0 Å². The molecule has 0 saturated carbocycles. The fourth-order valence-corrected chi connectivity index (χ4v) is 3.36. The van der Waals surface area contributed by atoms with Crippen LogP contribution in [0.15, 0.2) is 22.7 Å². The minimum Gasteiger partial charge on any atom is -0.340 e. The summed E-state index contributed by atoms with van der Waals surface area (Å²) < 4.78 is 0.759. The number of likely N-dealkylation sites (N-methyl/N-ethyl adjacent to an activating group) is 2. The molecule has 1 heterocycles. The average molecular weight is 360 g/mol. The minimum absolute atomic E-state index is 0.0146. The quantitative estimate of drug-likeness (QED) is 0.819. The van der Waals surface area contributed by atoms with E-state index >= 15 is 0 Å². The van der Waals surface area contributed by atoms with Crippen molar-refractivity contribution in [3.05, 3.63) is 33.3 Å². The van der Waals surface area contributed by atoms with Crippen LogP contribution in [0.1, 0.15) is 30.1 Å². The van der Waals surface area contributed by atoms with Gasteiger partial charge in [0.15, 0.2) is 0 Å². The van der Waals surface area contributed by atoms with Crippen molar-refractivity contribution in [1.29, 1.82) is 0 Å². The molecule has 0 radical (unpaired) electrons. The highest BCUT2D eigenvalue weighted by Gasteiger charge is 2.26. The summed E-state index contributed by atoms with van der Waals surface area (Å²) in [6.07, 6.45) is 2.38. The third-order valence-corrected chi connectivity index (χ3v) is 5.21. The van der Waals surface area contributed by atoms with E-state index in [1.807, 2.05) is 19.2 Å². The van der Waals surface area contributed by atoms with Gasteiger partial charge in [-0.2, -0.15) is 0 Å². The Morgan fingerprint density at radius 2 is 2.30 bits per heavy atom. The zero-order valence-corrected chi connectivity index (χ0v) is 14.2. The van der Waals surface area contributed by atoms with Crippen LogP contribution in [0.3, 0.4) is 0 Å². The highest BCUT2D eigenvalue weighted by molar-refractivity contribution is 9.10. The summed E-state index contributed by atoms with van der Waals surface area (Å²) in [5.74, 6) is -0.0146. The third kappa shape index (κ3) is 3.35. The maximum atomic E-state index is 12.5. The summed E-state index contributed by atoms with van der Waals surface area (Å²) >= 11 is 9.56. The summed E-state index contributed by atoms with van der Waals surface area (Å²) in [5.41, 5.74) is 0.560. The second kappa shape index (κ2) is 6.92. The molecule has 0 aliphatic carbocycles. The van der Waals surface area contributed by atoms with E-state index in [9.17, 15) is 4.79 Å². The van der Waals surface area contributed by atoms with Crippen LogP contribution in [0.2, 0.25) is 5.02 Å². The van der Waals surface area contributed by atoms with Gasteiger partial charge in [0, 0.05) is 24.1 Å². The van der Waals surface area contributed by atoms with E-state index in [4.69, 9.17) is 11.6 Å². The van der Waals surface area contributed by atoms with Gasteiger partial charge >= 0.3 is 0 Å². The molecular weight excluding hydrogens is 340 g/mol. The van der Waals surface area contributed by atoms with Crippen LogP contribution in [-0.2, 0) is 0 Å². The Balaban J connectivity index is 2.07. The molecule has 1 atom stereocenters. The smallest absolute Gasteiger partial charge is 0.255 e. The first-order chi connectivity index (χ1) is 9.54. The SMILES string of the molecule is CCN1CCCC1CN(C)C(=O)c1cccc(Br)c1Cl. The van der Waals surface area contributed by atoms with Crippen LogP contribution in [0, 0.1) is 0 Å². The van der Waals surface area contributed by atoms with Crippen molar-refractivity contribution in [3.8, 4) is 0 Å². The van der Waals surface area contributed by atoms with Crippen molar-refractivity contribution < 1.29 is 4.79 Å². The van der Waals surface area contributed by atoms with Gasteiger partial charge in [0.2, 0.25) is 0 Å². The van der Waals surface area contributed by atoms with Crippen LogP contribution in [0.25, 0.3) is 0 Å². The van der Waals surface area contributed by atoms with Crippen molar-refractivity contribution >= 4 is 33.4 Å². The fraction of sp³-hybridized carbons (Fsp3) is 0.533. The van der Waals surface area contributed by atoms with E-state index in [1.54, 1.807) is 11.0 Å². The number of hydrogen-bond acceptors (Lipinski definition) is 2. The van der Waals surface area contributed by atoms with E-state index in [1.165, 1.54) is 6.42 Å². The highest BCUT2D eigenvalue weighted by Crippen LogP contribution is 2.27. The minimum atomic E-state index is -0.0146. The molecule has 5 heteroatoms. The number of hydrogen-bond donors (Lipinski definition) is 0. The molecule has 1 amide bonds. The summed E-state index contributed by atoms with van der Waals surface area (Å²) in [7, 11) is 1.85. The highest BCUT2D eigenvalue weighted by atomic mass is 79.9. The molecule has 1 aromatic carbocycles. The molecule has 2 rings (SSSR count). The second-order valence-electron chi connectivity index (χ2n) is 5.21. The molecule has 0 N–H and O–H groups in total. The average Bonchev–Trinajstić information content (AvgIpc) is 2.88. The fourth-order valence-electron chi connectivity index (χ4n) is 2.79. The van der Waals surface area contributed by atoms with Crippen LogP contribution in [0.5, 0.6) is 0 Å². The summed E-state index contributed by atoms with van der Waals surface area (Å²) in [4.78, 5) is 16.7. The molecule has 1 aromatic rings. The zero-order chi connectivity index (χ0) is 14.7. The Morgan fingerprint density at radius 3 is 3.00 bits per heavy atom. The largest absolute Gasteiger partial charge is 0.340 e. The summed E-state index contributed by atoms with van der Waals surface area (Å²) in [6.45, 7) is 5.12. The molecule has 20 heavy (non-hydrogen) atoms. The molecule has 0 aromatic heterocycles. The van der Waals surface area contributed by atoms with Gasteiger partial charge in [-0.15, -0.1) is 0 Å². The van der Waals surface area contributed by atoms with Gasteiger partial charge in [-0.3, -0.25) is 9.69 Å². The van der Waals surface area contributed by atoms with E-state index in [-0.39, 0.29) is 5.91 Å². The molecular formula is C15H20BrClN2O. The Kier molecular flexibility index (Phi) is 5.47. The molecule has 1 fully saturated rings. The van der Waals surface area contributed by atoms with E-state index in [0.29, 0.717) is 16.6 Å². The van der Waals surface area contributed by atoms with Gasteiger partial charge in [-0.25, -0.2) is 0 Å². The van der Waals surface area contributed by atoms with Gasteiger partial charge in [-0.05, 0) is 54.0 Å². The predicted molar refractivity (Wildman–Crippen MR) is 86.4 cm³/mol. The molecule has 0 bridgehead atoms. The number of rotatable bonds is 4. The van der Waals surface area contributed by atoms with E-state index in [2.05, 4.69) is 27.8 Å². The normalized spacial score (nSPS) is 19.3. The van der Waals surface area contributed by atoms with Crippen molar-refractivity contribution in [2.45, 2.75) is 25.8 Å². The molecule has 1 saturated heterocycles. The zero-order valence-electron chi connectivity index (χ0n) is 11.9. The summed E-state index contributed by atoms with van der Waals surface area (Å²) in [5, 5.41) is 0.489. The van der Waals surface area contributed by atoms with Crippen molar-refractivity contribution in [1.82, 2.24) is 9.80 Å². The number of carbonyl (C=O) groups excluding carboxylic acids is 1. The molecule has 1 unspecified atom stereocenters. The molecule has 1 aliphatic heterocycles. The number of carbonyl (C=O) groups is 1. The van der Waals surface area contributed by atoms with Crippen LogP contribution < -0.4 is 0 Å². The molecule has 1 aliphatic rings. The lowest BCUT2D eigenvalue weighted by molar-refractivity contribution is 0.0755. The van der Waals surface area contributed by atoms with Gasteiger partial charge < -0.3 is 4.90 Å². The Labute approximate surface area is 134 Å². The Morgan fingerprint density at radius 1 is 1.55 bits per heavy atom. The maximum absolute atomic E-state index is 12.5. The number of halogens is 2. The Hall–Kier alpha value is -0.580. The lowest BCUT2D eigenvalue weighted by Crippen LogP contribution is -2.41. The second-order valence-corrected chi connectivity index (χ2v) is 6.44. The monoisotopic (exact) mass is 358 g/mol. The van der Waals surface area contributed by atoms with E-state index < -0.39 is 0 Å². The molecule has 110 valence electrons. The standard InChI is InChI=1S/C15H20BrClN2O/c1-3-19-9-5-6-11(19)10-18(2)15(20)12-7-4-8-13(16)14(12)17/h4,7-8,11H,3,5-6,9-10H2,1-2H3. The first-order valence-corrected chi connectivity index (χ1v) is 8.15. The van der Waals surface area contributed by atoms with Gasteiger partial charge in [0.25, 0.3) is 5.91 Å². The third-order valence-electron chi connectivity index (χ3n) is 3.92. The number of amides is 1. The lowest BCUT2D eigenvalue weighted by atomic mass is 10.1.